The first-order valence-electron chi connectivity index (χ1n) is 8.28. The van der Waals surface area contributed by atoms with Crippen LogP contribution in [0.3, 0.4) is 0 Å². The number of phosphoric ester groups is 1. The van der Waals surface area contributed by atoms with Gasteiger partial charge in [-0.05, 0) is 0 Å². The molecule has 0 aliphatic carbocycles. The number of aliphatic hydroxyl groups excluding tert-OH is 2. The molecule has 0 spiro atoms. The van der Waals surface area contributed by atoms with Crippen molar-refractivity contribution in [2.24, 2.45) is 0 Å². The van der Waals surface area contributed by atoms with Crippen LogP contribution in [0.1, 0.15) is 6.23 Å². The van der Waals surface area contributed by atoms with E-state index in [0.717, 1.165) is 7.11 Å². The maximum atomic E-state index is 12.4. The number of aromatic nitrogens is 4. The molecule has 4 unspecified atom stereocenters. The van der Waals surface area contributed by atoms with Crippen molar-refractivity contribution in [2.45, 2.75) is 24.5 Å². The summed E-state index contributed by atoms with van der Waals surface area (Å²) in [6.07, 6.45) is -3.12. The van der Waals surface area contributed by atoms with Gasteiger partial charge in [-0.15, -0.1) is 0 Å². The molecule has 1 saturated heterocycles. The average Bonchev–Trinajstić information content (AvgIpc) is 3.21. The Morgan fingerprint density at radius 1 is 1.19 bits per heavy atom. The number of phosphoric acid groups is 3. The minimum Gasteiger partial charge on any atom is -0.387 e. The van der Waals surface area contributed by atoms with Crippen molar-refractivity contribution in [3.05, 3.63) is 17.3 Å². The first-order chi connectivity index (χ1) is 14.8. The zero-order chi connectivity index (χ0) is 23.9. The van der Waals surface area contributed by atoms with E-state index in [1.165, 1.54) is 17.2 Å². The first kappa shape index (κ1) is 25.7. The largest absolute Gasteiger partial charge is 0.490 e. The van der Waals surface area contributed by atoms with Gasteiger partial charge >= 0.3 is 23.5 Å². The summed E-state index contributed by atoms with van der Waals surface area (Å²) in [6, 6.07) is 0. The number of H-pyrrole nitrogens is 1. The second-order valence-corrected chi connectivity index (χ2v) is 11.3. The maximum Gasteiger partial charge on any atom is 0.490 e. The number of hydrogen-bond acceptors (Lipinski definition) is 13. The molecule has 32 heavy (non-hydrogen) atoms. The summed E-state index contributed by atoms with van der Waals surface area (Å²) < 4.78 is 58.6. The number of hydrogen-bond donors (Lipinski definition) is 6. The quantitative estimate of drug-likeness (QED) is 0.183. The SMILES string of the molecule is COP(=O)(OC[C@H]1O[C@@H](n2cnc3c(=S)nc[nH]c32)C(O)C1O)OP(=O)(O)OP(=O)(O)O. The summed E-state index contributed by atoms with van der Waals surface area (Å²) in [7, 11) is -15.3. The van der Waals surface area contributed by atoms with Crippen LogP contribution in [-0.4, -0.2) is 76.4 Å². The molecule has 1 fully saturated rings. The van der Waals surface area contributed by atoms with Gasteiger partial charge in [0.2, 0.25) is 0 Å². The number of ether oxygens (including phenoxy) is 1. The van der Waals surface area contributed by atoms with E-state index in [1.807, 2.05) is 0 Å². The second-order valence-electron chi connectivity index (χ2n) is 6.15. The van der Waals surface area contributed by atoms with Gasteiger partial charge in [0.15, 0.2) is 10.9 Å². The number of fused-ring (bicyclic) bond motifs is 1. The van der Waals surface area contributed by atoms with E-state index in [0.29, 0.717) is 11.2 Å². The molecule has 2 aromatic heterocycles. The highest BCUT2D eigenvalue weighted by atomic mass is 32.1. The Morgan fingerprint density at radius 3 is 2.50 bits per heavy atom. The van der Waals surface area contributed by atoms with E-state index in [2.05, 4.69) is 28.1 Å². The van der Waals surface area contributed by atoms with E-state index in [-0.39, 0.29) is 4.64 Å². The van der Waals surface area contributed by atoms with Crippen LogP contribution in [0.15, 0.2) is 12.7 Å². The Balaban J connectivity index is 1.73. The highest BCUT2D eigenvalue weighted by molar-refractivity contribution is 7.71. The topological polar surface area (TPSA) is 245 Å². The Hall–Kier alpha value is -0.940. The molecule has 17 nitrogen and oxygen atoms in total. The molecule has 6 N–H and O–H groups in total. The summed E-state index contributed by atoms with van der Waals surface area (Å²) >= 11 is 5.05. The molecule has 0 amide bonds. The van der Waals surface area contributed by atoms with Gasteiger partial charge in [0.25, 0.3) is 0 Å². The summed E-state index contributed by atoms with van der Waals surface area (Å²) in [5, 5.41) is 20.6. The third-order valence-electron chi connectivity index (χ3n) is 4.02. The third-order valence-corrected chi connectivity index (χ3v) is 8.54. The fraction of sp³-hybridized carbons (Fsp3) is 0.545. The van der Waals surface area contributed by atoms with Crippen LogP contribution in [0.5, 0.6) is 0 Å². The number of aromatic amines is 1. The molecular formula is C11H17N4O13P3S. The molecule has 0 saturated carbocycles. The van der Waals surface area contributed by atoms with Gasteiger partial charge in [0.05, 0.1) is 19.3 Å². The van der Waals surface area contributed by atoms with Crippen molar-refractivity contribution in [2.75, 3.05) is 13.7 Å². The normalized spacial score (nSPS) is 27.9. The lowest BCUT2D eigenvalue weighted by Gasteiger charge is -2.21. The van der Waals surface area contributed by atoms with E-state index in [1.54, 1.807) is 0 Å². The Bertz CT molecular complexity index is 1180. The predicted molar refractivity (Wildman–Crippen MR) is 103 cm³/mol. The van der Waals surface area contributed by atoms with Crippen LogP contribution < -0.4 is 0 Å². The van der Waals surface area contributed by atoms with Gasteiger partial charge in [-0.3, -0.25) is 13.6 Å². The van der Waals surface area contributed by atoms with E-state index in [9.17, 15) is 28.8 Å². The number of rotatable bonds is 9. The van der Waals surface area contributed by atoms with Crippen molar-refractivity contribution < 1.29 is 61.0 Å². The fourth-order valence-electron chi connectivity index (χ4n) is 2.71. The van der Waals surface area contributed by atoms with Crippen LogP contribution in [0, 0.1) is 4.64 Å². The second kappa shape index (κ2) is 9.37. The van der Waals surface area contributed by atoms with Crippen LogP contribution in [0.25, 0.3) is 11.2 Å². The standard InChI is InChI=1S/C11H17N4O13P3S/c1-24-31(23,28-30(21,22)27-29(18,19)20)25-2-5-7(16)8(17)11(26-5)15-4-14-6-9(15)12-3-13-10(6)32/h3-5,7-8,11,16-17H,2H2,1H3,(H,21,22)(H,12,13,32)(H2,18,19,20)/t5-,7?,8?,11-,31?/m1/s1. The molecule has 0 radical (unpaired) electrons. The molecular weight excluding hydrogens is 521 g/mol. The van der Waals surface area contributed by atoms with Crippen LogP contribution in [0.2, 0.25) is 0 Å². The summed E-state index contributed by atoms with van der Waals surface area (Å²) in [6.45, 7) is -0.806. The van der Waals surface area contributed by atoms with Gasteiger partial charge in [0.1, 0.15) is 29.5 Å². The van der Waals surface area contributed by atoms with Crippen molar-refractivity contribution in [1.29, 1.82) is 0 Å². The molecule has 3 heterocycles. The molecule has 1 aliphatic heterocycles. The lowest BCUT2D eigenvalue weighted by molar-refractivity contribution is -0.0508. The zero-order valence-electron chi connectivity index (χ0n) is 15.8. The molecule has 0 bridgehead atoms. The van der Waals surface area contributed by atoms with Crippen molar-refractivity contribution >= 4 is 46.8 Å². The number of imidazole rings is 1. The van der Waals surface area contributed by atoms with E-state index < -0.39 is 54.6 Å². The molecule has 21 heteroatoms. The lowest BCUT2D eigenvalue weighted by atomic mass is 10.1. The summed E-state index contributed by atoms with van der Waals surface area (Å²) in [5.74, 6) is 0. The number of nitrogens with one attached hydrogen (secondary N) is 1. The number of nitrogens with zero attached hydrogens (tertiary/aromatic N) is 3. The lowest BCUT2D eigenvalue weighted by Crippen LogP contribution is -2.33. The Kier molecular flexibility index (Phi) is 7.52. The van der Waals surface area contributed by atoms with Gasteiger partial charge in [-0.1, -0.05) is 12.2 Å². The van der Waals surface area contributed by atoms with E-state index >= 15 is 0 Å². The number of aliphatic hydroxyl groups is 2. The molecule has 0 aromatic carbocycles. The maximum absolute atomic E-state index is 12.4. The van der Waals surface area contributed by atoms with Gasteiger partial charge in [-0.25, -0.2) is 23.7 Å². The molecule has 3 rings (SSSR count). The summed E-state index contributed by atoms with van der Waals surface area (Å²) in [5.41, 5.74) is 0.623. The fourth-order valence-corrected chi connectivity index (χ4v) is 6.28. The van der Waals surface area contributed by atoms with Crippen molar-refractivity contribution in [3.63, 3.8) is 0 Å². The van der Waals surface area contributed by atoms with Crippen molar-refractivity contribution in [3.8, 4) is 0 Å². The minimum absolute atomic E-state index is 0.176. The zero-order valence-corrected chi connectivity index (χ0v) is 19.3. The predicted octanol–water partition coefficient (Wildman–Crippen LogP) is 0.105. The average molecular weight is 538 g/mol. The molecule has 6 atom stereocenters. The van der Waals surface area contributed by atoms with Gasteiger partial charge < -0.3 is 34.6 Å². The Labute approximate surface area is 183 Å². The third kappa shape index (κ3) is 5.75. The van der Waals surface area contributed by atoms with E-state index in [4.69, 9.17) is 31.3 Å². The van der Waals surface area contributed by atoms with Gasteiger partial charge in [-0.2, -0.15) is 8.62 Å². The Morgan fingerprint density at radius 2 is 1.88 bits per heavy atom. The molecule has 1 aliphatic rings. The minimum atomic E-state index is -5.59. The summed E-state index contributed by atoms with van der Waals surface area (Å²) in [4.78, 5) is 37.2. The van der Waals surface area contributed by atoms with Crippen molar-refractivity contribution in [1.82, 2.24) is 19.5 Å². The van der Waals surface area contributed by atoms with Crippen LogP contribution in [0.4, 0.5) is 0 Å². The van der Waals surface area contributed by atoms with Gasteiger partial charge in [0, 0.05) is 7.11 Å². The molecule has 180 valence electrons. The molecule has 2 aromatic rings. The monoisotopic (exact) mass is 538 g/mol. The van der Waals surface area contributed by atoms with Crippen LogP contribution in [-0.2, 0) is 36.1 Å². The van der Waals surface area contributed by atoms with Crippen LogP contribution >= 0.6 is 35.7 Å². The highest BCUT2D eigenvalue weighted by Gasteiger charge is 2.47. The smallest absolute Gasteiger partial charge is 0.387 e. The first-order valence-corrected chi connectivity index (χ1v) is 13.2. The highest BCUT2D eigenvalue weighted by Crippen LogP contribution is 2.68.